The van der Waals surface area contributed by atoms with Crippen LogP contribution in [0.3, 0.4) is 0 Å². The Morgan fingerprint density at radius 1 is 0.553 bits per heavy atom. The number of carbonyl (C=O) groups excluding carboxylic acids is 7. The fraction of sp³-hybridized carbons (Fsp3) is 0.440. The Labute approximate surface area is 437 Å². The average molecular weight is 1060 g/mol. The third kappa shape index (κ3) is 21.5. The highest BCUT2D eigenvalue weighted by atomic mass is 16.4. The van der Waals surface area contributed by atoms with Gasteiger partial charge in [0.05, 0.1) is 18.7 Å². The van der Waals surface area contributed by atoms with Gasteiger partial charge >= 0.3 is 11.9 Å². The number of hydrogen-bond acceptors (Lipinski definition) is 15. The Kier molecular flexibility index (Phi) is 24.9. The van der Waals surface area contributed by atoms with E-state index in [0.717, 1.165) is 0 Å². The second-order valence-corrected chi connectivity index (χ2v) is 18.1. The second kappa shape index (κ2) is 30.6. The van der Waals surface area contributed by atoms with Crippen LogP contribution in [0, 0.1) is 5.92 Å². The van der Waals surface area contributed by atoms with Crippen LogP contribution in [0.4, 0.5) is 0 Å². The van der Waals surface area contributed by atoms with Gasteiger partial charge in [-0.25, -0.2) is 4.79 Å². The zero-order valence-corrected chi connectivity index (χ0v) is 42.2. The molecule has 0 aliphatic carbocycles. The molecular weight excluding hydrogens is 995 g/mol. The number of aliphatic imine (C=N–C) groups is 1. The molecule has 26 nitrogen and oxygen atoms in total. The van der Waals surface area contributed by atoms with Crippen molar-refractivity contribution in [1.82, 2.24) is 37.2 Å². The highest BCUT2D eigenvalue weighted by Crippen LogP contribution is 2.16. The van der Waals surface area contributed by atoms with Gasteiger partial charge in [0.1, 0.15) is 53.5 Å². The number of benzene rings is 3. The molecule has 0 aliphatic heterocycles. The molecule has 0 unspecified atom stereocenters. The molecule has 0 spiro atoms. The van der Waals surface area contributed by atoms with Crippen LogP contribution in [0.5, 0.6) is 17.2 Å². The van der Waals surface area contributed by atoms with Crippen LogP contribution in [0.2, 0.25) is 0 Å². The number of hydrogen-bond donors (Lipinski definition) is 16. The molecule has 3 aromatic rings. The molecule has 0 saturated carbocycles. The maximum atomic E-state index is 14.3. The van der Waals surface area contributed by atoms with Crippen molar-refractivity contribution >= 4 is 59.2 Å². The molecule has 3 rings (SSSR count). The lowest BCUT2D eigenvalue weighted by atomic mass is 9.96. The van der Waals surface area contributed by atoms with Gasteiger partial charge in [-0.1, -0.05) is 56.7 Å². The van der Waals surface area contributed by atoms with Gasteiger partial charge in [-0.05, 0) is 91.6 Å². The second-order valence-electron chi connectivity index (χ2n) is 18.1. The number of nitrogens with two attached hydrogens (primary N) is 3. The van der Waals surface area contributed by atoms with E-state index in [1.165, 1.54) is 67.6 Å². The lowest BCUT2D eigenvalue weighted by Crippen LogP contribution is -2.62. The quantitative estimate of drug-likeness (QED) is 0.0182. The number of amides is 7. The first-order valence-corrected chi connectivity index (χ1v) is 24.2. The molecule has 0 aliphatic rings. The number of guanidine groups is 1. The number of carboxylic acids is 2. The fourth-order valence-corrected chi connectivity index (χ4v) is 7.38. The predicted octanol–water partition coefficient (Wildman–Crippen LogP) is -2.39. The van der Waals surface area contributed by atoms with Gasteiger partial charge in [-0.2, -0.15) is 0 Å². The van der Waals surface area contributed by atoms with Crippen molar-refractivity contribution in [2.45, 2.75) is 121 Å². The summed E-state index contributed by atoms with van der Waals surface area (Å²) in [5.41, 5.74) is 18.8. The van der Waals surface area contributed by atoms with E-state index in [-0.39, 0.29) is 68.3 Å². The Hall–Kier alpha value is -8.52. The molecule has 9 atom stereocenters. The highest BCUT2D eigenvalue weighted by molar-refractivity contribution is 5.97. The molecule has 0 bridgehead atoms. The molecule has 0 aromatic heterocycles. The average Bonchev–Trinajstić information content (AvgIpc) is 3.36. The third-order valence-corrected chi connectivity index (χ3v) is 11.9. The summed E-state index contributed by atoms with van der Waals surface area (Å²) in [5.74, 6) is -10.4. The van der Waals surface area contributed by atoms with Gasteiger partial charge in [0.25, 0.3) is 0 Å². The summed E-state index contributed by atoms with van der Waals surface area (Å²) in [6.07, 6.45) is -2.78. The van der Waals surface area contributed by atoms with Crippen LogP contribution >= 0.6 is 0 Å². The van der Waals surface area contributed by atoms with Gasteiger partial charge in [0, 0.05) is 25.8 Å². The van der Waals surface area contributed by atoms with Crippen LogP contribution < -0.4 is 54.4 Å². The Morgan fingerprint density at radius 2 is 1.00 bits per heavy atom. The number of phenolic OH excluding ortho intramolecular Hbond substituents is 3. The van der Waals surface area contributed by atoms with Crippen molar-refractivity contribution in [3.8, 4) is 17.2 Å². The van der Waals surface area contributed by atoms with Crippen molar-refractivity contribution in [3.63, 3.8) is 0 Å². The first-order valence-electron chi connectivity index (χ1n) is 24.2. The van der Waals surface area contributed by atoms with Crippen LogP contribution in [-0.4, -0.2) is 151 Å². The van der Waals surface area contributed by atoms with E-state index in [0.29, 0.717) is 16.7 Å². The summed E-state index contributed by atoms with van der Waals surface area (Å²) in [6, 6.07) is 6.97. The normalized spacial score (nSPS) is 14.5. The summed E-state index contributed by atoms with van der Waals surface area (Å²) in [5, 5.41) is 75.9. The van der Waals surface area contributed by atoms with Gasteiger partial charge in [0.2, 0.25) is 41.4 Å². The predicted molar refractivity (Wildman–Crippen MR) is 274 cm³/mol. The number of rotatable bonds is 31. The van der Waals surface area contributed by atoms with Gasteiger partial charge in [0.15, 0.2) is 5.96 Å². The van der Waals surface area contributed by atoms with Gasteiger partial charge in [-0.15, -0.1) is 0 Å². The fourth-order valence-electron chi connectivity index (χ4n) is 7.38. The first kappa shape index (κ1) is 61.8. The molecule has 19 N–H and O–H groups in total. The van der Waals surface area contributed by atoms with Crippen LogP contribution in [0.1, 0.15) is 69.6 Å². The minimum Gasteiger partial charge on any atom is -0.508 e. The van der Waals surface area contributed by atoms with Gasteiger partial charge in [-0.3, -0.25) is 43.3 Å². The molecule has 76 heavy (non-hydrogen) atoms. The largest absolute Gasteiger partial charge is 0.508 e. The standard InChI is InChI=1S/C50H69N11O15/c1-4-26(2)41(47(73)61-42(27(3)62)48(74)59-37(23-29-9-15-32(64)16-10-29)44(70)55-25-39(66)56-36(49(75)76)19-20-40(67)68)60-45(71)35(6-5-21-54-50(52)53)57-46(72)38(24-30-11-17-33(65)18-12-30)58-43(69)34(51)22-28-7-13-31(63)14-8-28/h7-18,26-27,34-38,41-42,62-65H,4-6,19-25,51H2,1-3H3,(H,55,70)(H,56,66)(H,57,72)(H,58,69)(H,59,74)(H,60,71)(H,61,73)(H,67,68)(H,75,76)(H4,52,53,54)/t26-,27+,34-,35-,36-,37-,38-,41-,42-/m0/s1. The van der Waals surface area contributed by atoms with E-state index in [1.807, 2.05) is 0 Å². The molecule has 0 saturated heterocycles. The van der Waals surface area contributed by atoms with E-state index in [4.69, 9.17) is 22.3 Å². The molecule has 0 fully saturated rings. The summed E-state index contributed by atoms with van der Waals surface area (Å²) in [7, 11) is 0. The molecule has 0 heterocycles. The monoisotopic (exact) mass is 1060 g/mol. The number of aliphatic carboxylic acids is 2. The third-order valence-electron chi connectivity index (χ3n) is 11.9. The molecule has 26 heteroatoms. The zero-order chi connectivity index (χ0) is 56.6. The van der Waals surface area contributed by atoms with Gasteiger partial charge < -0.3 is 85.1 Å². The lowest BCUT2D eigenvalue weighted by Gasteiger charge is -2.30. The number of aliphatic hydroxyl groups is 1. The van der Waals surface area contributed by atoms with E-state index in [9.17, 15) is 68.7 Å². The number of carbonyl (C=O) groups is 9. The minimum atomic E-state index is -1.79. The number of carboxylic acid groups (broad SMARTS) is 2. The van der Waals surface area contributed by atoms with E-state index < -0.39 is 127 Å². The smallest absolute Gasteiger partial charge is 0.326 e. The van der Waals surface area contributed by atoms with Crippen molar-refractivity contribution in [3.05, 3.63) is 89.5 Å². The summed E-state index contributed by atoms with van der Waals surface area (Å²) < 4.78 is 0. The van der Waals surface area contributed by atoms with Crippen LogP contribution in [0.25, 0.3) is 0 Å². The first-order chi connectivity index (χ1) is 35.9. The molecule has 7 amide bonds. The summed E-state index contributed by atoms with van der Waals surface area (Å²) in [6.45, 7) is 3.68. The van der Waals surface area contributed by atoms with Crippen molar-refractivity contribution < 1.29 is 73.8 Å². The number of aromatic hydroxyl groups is 3. The number of nitrogens with one attached hydrogen (secondary N) is 7. The van der Waals surface area contributed by atoms with Crippen molar-refractivity contribution in [1.29, 1.82) is 0 Å². The molecular formula is C50H69N11O15. The molecule has 0 radical (unpaired) electrons. The Morgan fingerprint density at radius 3 is 1.47 bits per heavy atom. The lowest BCUT2D eigenvalue weighted by molar-refractivity contribution is -0.143. The maximum absolute atomic E-state index is 14.3. The topological polar surface area (TPSA) is 450 Å². The number of nitrogens with zero attached hydrogens (tertiary/aromatic N) is 1. The maximum Gasteiger partial charge on any atom is 0.326 e. The van der Waals surface area contributed by atoms with Crippen LogP contribution in [0.15, 0.2) is 77.8 Å². The molecule has 3 aromatic carbocycles. The zero-order valence-electron chi connectivity index (χ0n) is 42.2. The Balaban J connectivity index is 1.88. The number of phenols is 3. The highest BCUT2D eigenvalue weighted by Gasteiger charge is 2.36. The van der Waals surface area contributed by atoms with Crippen molar-refractivity contribution in [2.24, 2.45) is 28.1 Å². The summed E-state index contributed by atoms with van der Waals surface area (Å²) in [4.78, 5) is 123. The van der Waals surface area contributed by atoms with Crippen LogP contribution in [-0.2, 0) is 62.4 Å². The summed E-state index contributed by atoms with van der Waals surface area (Å²) >= 11 is 0. The van der Waals surface area contributed by atoms with E-state index >= 15 is 0 Å². The molecule has 414 valence electrons. The van der Waals surface area contributed by atoms with Crippen molar-refractivity contribution in [2.75, 3.05) is 13.1 Å². The minimum absolute atomic E-state index is 0.00181. The SMILES string of the molecule is CC[C@H](C)[C@H](NC(=O)[C@H](CCCN=C(N)N)NC(=O)[C@H](Cc1ccc(O)cc1)NC(=O)[C@@H](N)Cc1ccc(O)cc1)C(=O)N[C@H](C(=O)N[C@@H](Cc1ccc(O)cc1)C(=O)NCC(=O)N[C@@H](CCC(=O)O)C(=O)O)[C@@H](C)O. The Bertz CT molecular complexity index is 2490. The number of aliphatic hydroxyl groups excluding tert-OH is 1. The van der Waals surface area contributed by atoms with E-state index in [1.54, 1.807) is 26.0 Å². The van der Waals surface area contributed by atoms with E-state index in [2.05, 4.69) is 42.2 Å².